The van der Waals surface area contributed by atoms with E-state index in [4.69, 9.17) is 25.8 Å². The number of rotatable bonds is 9. The number of aromatic nitrogens is 2. The Morgan fingerprint density at radius 3 is 2.74 bits per heavy atom. The van der Waals surface area contributed by atoms with E-state index < -0.39 is 12.1 Å². The summed E-state index contributed by atoms with van der Waals surface area (Å²) in [4.78, 5) is 29.7. The summed E-state index contributed by atoms with van der Waals surface area (Å²) >= 11 is 9.82. The molecule has 0 amide bonds. The summed E-state index contributed by atoms with van der Waals surface area (Å²) in [7, 11) is 1.46. The number of methoxy groups -OCH3 is 1. The molecule has 0 radical (unpaired) electrons. The lowest BCUT2D eigenvalue weighted by Crippen LogP contribution is -2.26. The number of carbonyl (C=O) groups excluding carboxylic acids is 1. The van der Waals surface area contributed by atoms with Crippen LogP contribution in [0.15, 0.2) is 44.7 Å². The van der Waals surface area contributed by atoms with Gasteiger partial charge >= 0.3 is 5.97 Å². The fraction of sp³-hybridized carbons (Fsp3) is 0.333. The van der Waals surface area contributed by atoms with Crippen LogP contribution in [-0.2, 0) is 16.0 Å². The molecule has 8 nitrogen and oxygen atoms in total. The zero-order valence-corrected chi connectivity index (χ0v) is 21.6. The molecule has 0 unspecified atom stereocenters. The van der Waals surface area contributed by atoms with Crippen molar-refractivity contribution in [3.05, 3.63) is 61.6 Å². The number of benzene rings is 2. The number of fused-ring (bicyclic) bond motifs is 1. The van der Waals surface area contributed by atoms with Crippen LogP contribution in [0.5, 0.6) is 11.5 Å². The van der Waals surface area contributed by atoms with E-state index in [0.717, 1.165) is 10.9 Å². The molecule has 1 heterocycles. The maximum atomic E-state index is 13.2. The number of aryl methyl sites for hydroxylation is 1. The minimum absolute atomic E-state index is 0.211. The number of ether oxygens (including phenoxy) is 3. The van der Waals surface area contributed by atoms with Crippen molar-refractivity contribution >= 4 is 50.6 Å². The van der Waals surface area contributed by atoms with Crippen LogP contribution < -0.4 is 15.0 Å². The van der Waals surface area contributed by atoms with Crippen molar-refractivity contribution in [1.82, 2.24) is 9.66 Å². The topological polar surface area (TPSA) is 92.0 Å². The third-order valence-corrected chi connectivity index (χ3v) is 5.61. The third-order valence-electron chi connectivity index (χ3n) is 4.84. The van der Waals surface area contributed by atoms with Gasteiger partial charge in [-0.15, -0.1) is 0 Å². The van der Waals surface area contributed by atoms with Gasteiger partial charge in [-0.1, -0.05) is 34.5 Å². The molecule has 0 aliphatic carbocycles. The zero-order valence-electron chi connectivity index (χ0n) is 19.3. The first-order chi connectivity index (χ1) is 16.3. The summed E-state index contributed by atoms with van der Waals surface area (Å²) in [5.41, 5.74) is 0.916. The lowest BCUT2D eigenvalue weighted by molar-refractivity contribution is -0.150. The fourth-order valence-corrected chi connectivity index (χ4v) is 3.86. The van der Waals surface area contributed by atoms with Gasteiger partial charge in [-0.05, 0) is 56.2 Å². The SMILES string of the molecule is CCCc1nc2ccc(Br)cc2c(=O)n1N=Cc1cc(Cl)c(O[C@H](C)C(=O)OCC)c(OC)c1. The molecule has 3 rings (SSSR count). The molecule has 0 bridgehead atoms. The van der Waals surface area contributed by atoms with Gasteiger partial charge in [0.15, 0.2) is 17.6 Å². The first-order valence-corrected chi connectivity index (χ1v) is 11.9. The Bertz CT molecular complexity index is 1290. The van der Waals surface area contributed by atoms with Crippen molar-refractivity contribution in [2.75, 3.05) is 13.7 Å². The Hall–Kier alpha value is -2.91. The summed E-state index contributed by atoms with van der Waals surface area (Å²) in [5, 5.41) is 5.08. The molecule has 0 spiro atoms. The fourth-order valence-electron chi connectivity index (χ4n) is 3.24. The summed E-state index contributed by atoms with van der Waals surface area (Å²) in [6, 6.07) is 8.63. The predicted molar refractivity (Wildman–Crippen MR) is 135 cm³/mol. The highest BCUT2D eigenvalue weighted by Crippen LogP contribution is 2.37. The maximum Gasteiger partial charge on any atom is 0.347 e. The second-order valence-corrected chi connectivity index (χ2v) is 8.67. The highest BCUT2D eigenvalue weighted by atomic mass is 79.9. The highest BCUT2D eigenvalue weighted by Gasteiger charge is 2.21. The minimum Gasteiger partial charge on any atom is -0.493 e. The molecular formula is C24H25BrClN3O5. The standard InChI is InChI=1S/C24H25BrClN3O5/c1-5-7-21-28-19-9-8-16(25)12-17(19)23(30)29(21)27-13-15-10-18(26)22(20(11-15)32-4)34-14(3)24(31)33-6-2/h8-14H,5-7H2,1-4H3/t14-/m1/s1. The number of halogens is 2. The molecule has 2 aromatic carbocycles. The molecule has 0 saturated carbocycles. The van der Waals surface area contributed by atoms with Crippen LogP contribution in [0.4, 0.5) is 0 Å². The van der Waals surface area contributed by atoms with Gasteiger partial charge in [0.05, 0.1) is 35.9 Å². The zero-order chi connectivity index (χ0) is 24.8. The van der Waals surface area contributed by atoms with Crippen molar-refractivity contribution in [2.45, 2.75) is 39.7 Å². The summed E-state index contributed by atoms with van der Waals surface area (Å²) in [6.07, 6.45) is 2.01. The second kappa shape index (κ2) is 11.5. The number of nitrogens with zero attached hydrogens (tertiary/aromatic N) is 3. The molecule has 34 heavy (non-hydrogen) atoms. The molecule has 1 aromatic heterocycles. The van der Waals surface area contributed by atoms with Crippen LogP contribution in [0.25, 0.3) is 10.9 Å². The van der Waals surface area contributed by atoms with E-state index >= 15 is 0 Å². The first kappa shape index (κ1) is 25.7. The van der Waals surface area contributed by atoms with E-state index in [1.165, 1.54) is 18.0 Å². The Balaban J connectivity index is 2.00. The lowest BCUT2D eigenvalue weighted by atomic mass is 10.2. The van der Waals surface area contributed by atoms with Crippen molar-refractivity contribution in [1.29, 1.82) is 0 Å². The molecule has 0 saturated heterocycles. The molecule has 0 fully saturated rings. The number of esters is 1. The van der Waals surface area contributed by atoms with Crippen molar-refractivity contribution in [3.63, 3.8) is 0 Å². The van der Waals surface area contributed by atoms with Gasteiger partial charge in [-0.25, -0.2) is 9.78 Å². The van der Waals surface area contributed by atoms with Crippen LogP contribution >= 0.6 is 27.5 Å². The normalized spacial score (nSPS) is 12.2. The minimum atomic E-state index is -0.871. The molecule has 0 aliphatic rings. The summed E-state index contributed by atoms with van der Waals surface area (Å²) in [6.45, 7) is 5.53. The van der Waals surface area contributed by atoms with Gasteiger partial charge in [-0.2, -0.15) is 9.78 Å². The average molecular weight is 551 g/mol. The van der Waals surface area contributed by atoms with E-state index in [1.807, 2.05) is 13.0 Å². The van der Waals surface area contributed by atoms with Gasteiger partial charge < -0.3 is 14.2 Å². The molecule has 3 aromatic rings. The maximum absolute atomic E-state index is 13.2. The van der Waals surface area contributed by atoms with Gasteiger partial charge in [0, 0.05) is 10.9 Å². The van der Waals surface area contributed by atoms with Crippen LogP contribution in [0, 0.1) is 0 Å². The predicted octanol–water partition coefficient (Wildman–Crippen LogP) is 4.99. The van der Waals surface area contributed by atoms with Crippen molar-refractivity contribution < 1.29 is 19.0 Å². The Labute approximate surface area is 210 Å². The van der Waals surface area contributed by atoms with E-state index in [0.29, 0.717) is 34.5 Å². The molecule has 0 aliphatic heterocycles. The first-order valence-electron chi connectivity index (χ1n) is 10.7. The molecule has 180 valence electrons. The van der Waals surface area contributed by atoms with Crippen LogP contribution in [-0.4, -0.2) is 41.7 Å². The summed E-state index contributed by atoms with van der Waals surface area (Å²) in [5.74, 6) is 0.569. The van der Waals surface area contributed by atoms with E-state index in [1.54, 1.807) is 38.1 Å². The van der Waals surface area contributed by atoms with Crippen LogP contribution in [0.2, 0.25) is 5.02 Å². The van der Waals surface area contributed by atoms with E-state index in [9.17, 15) is 9.59 Å². The van der Waals surface area contributed by atoms with Gasteiger partial charge in [0.2, 0.25) is 0 Å². The number of hydrogen-bond acceptors (Lipinski definition) is 7. The Morgan fingerprint density at radius 2 is 2.06 bits per heavy atom. The molecule has 1 atom stereocenters. The third kappa shape index (κ3) is 5.77. The van der Waals surface area contributed by atoms with Crippen LogP contribution in [0.1, 0.15) is 38.6 Å². The van der Waals surface area contributed by atoms with Crippen molar-refractivity contribution in [3.8, 4) is 11.5 Å². The highest BCUT2D eigenvalue weighted by molar-refractivity contribution is 9.10. The summed E-state index contributed by atoms with van der Waals surface area (Å²) < 4.78 is 18.1. The Morgan fingerprint density at radius 1 is 1.29 bits per heavy atom. The quantitative estimate of drug-likeness (QED) is 0.275. The second-order valence-electron chi connectivity index (χ2n) is 7.35. The molecular weight excluding hydrogens is 526 g/mol. The lowest BCUT2D eigenvalue weighted by Gasteiger charge is -2.17. The van der Waals surface area contributed by atoms with Gasteiger partial charge in [0.25, 0.3) is 5.56 Å². The monoisotopic (exact) mass is 549 g/mol. The average Bonchev–Trinajstić information content (AvgIpc) is 2.81. The van der Waals surface area contributed by atoms with Gasteiger partial charge in [0.1, 0.15) is 5.82 Å². The smallest absolute Gasteiger partial charge is 0.347 e. The van der Waals surface area contributed by atoms with E-state index in [2.05, 4.69) is 26.0 Å². The van der Waals surface area contributed by atoms with Crippen LogP contribution in [0.3, 0.4) is 0 Å². The largest absolute Gasteiger partial charge is 0.493 e. The van der Waals surface area contributed by atoms with Crippen molar-refractivity contribution in [2.24, 2.45) is 5.10 Å². The van der Waals surface area contributed by atoms with Gasteiger partial charge in [-0.3, -0.25) is 4.79 Å². The number of carbonyl (C=O) groups is 1. The molecule has 0 N–H and O–H groups in total. The van der Waals surface area contributed by atoms with E-state index in [-0.39, 0.29) is 22.9 Å². The number of hydrogen-bond donors (Lipinski definition) is 0. The molecule has 10 heteroatoms. The Kier molecular flexibility index (Phi) is 8.68.